The van der Waals surface area contributed by atoms with Crippen molar-refractivity contribution in [2.75, 3.05) is 6.54 Å². The van der Waals surface area contributed by atoms with Gasteiger partial charge in [-0.1, -0.05) is 12.8 Å². The zero-order valence-corrected chi connectivity index (χ0v) is 10.4. The molecule has 1 saturated heterocycles. The van der Waals surface area contributed by atoms with Gasteiger partial charge in [0.1, 0.15) is 5.56 Å². The first kappa shape index (κ1) is 11.5. The predicted molar refractivity (Wildman–Crippen MR) is 68.5 cm³/mol. The highest BCUT2D eigenvalue weighted by Crippen LogP contribution is 2.36. The minimum Gasteiger partial charge on any atom is -0.367 e. The van der Waals surface area contributed by atoms with Crippen LogP contribution in [0.1, 0.15) is 42.5 Å². The third kappa shape index (κ3) is 1.85. The second-order valence-electron chi connectivity index (χ2n) is 5.32. The van der Waals surface area contributed by atoms with Gasteiger partial charge in [-0.05, 0) is 25.2 Å². The Bertz CT molecular complexity index is 509. The fourth-order valence-corrected chi connectivity index (χ4v) is 3.40. The maximum absolute atomic E-state index is 12.4. The van der Waals surface area contributed by atoms with Gasteiger partial charge in [0.05, 0.1) is 0 Å². The summed E-state index contributed by atoms with van der Waals surface area (Å²) in [4.78, 5) is 28.9. The van der Waals surface area contributed by atoms with E-state index >= 15 is 0 Å². The largest absolute Gasteiger partial charge is 0.367 e. The van der Waals surface area contributed by atoms with Crippen LogP contribution in [0, 0.1) is 5.92 Å². The van der Waals surface area contributed by atoms with Crippen LogP contribution in [0.5, 0.6) is 0 Å². The molecule has 1 aliphatic heterocycles. The number of aromatic amines is 1. The zero-order valence-electron chi connectivity index (χ0n) is 10.4. The Morgan fingerprint density at radius 2 is 2.11 bits per heavy atom. The summed E-state index contributed by atoms with van der Waals surface area (Å²) < 4.78 is 0. The van der Waals surface area contributed by atoms with Gasteiger partial charge in [0.2, 0.25) is 0 Å². The van der Waals surface area contributed by atoms with Crippen molar-refractivity contribution in [1.82, 2.24) is 9.88 Å². The van der Waals surface area contributed by atoms with E-state index < -0.39 is 0 Å². The normalized spacial score (nSPS) is 27.0. The molecule has 3 rings (SSSR count). The number of fused-ring (bicyclic) bond motifs is 1. The van der Waals surface area contributed by atoms with Gasteiger partial charge in [-0.15, -0.1) is 0 Å². The lowest BCUT2D eigenvalue weighted by Crippen LogP contribution is -2.40. The molecule has 0 bridgehead atoms. The number of likely N-dealkylation sites (tertiary alicyclic amines) is 1. The number of hydrogen-bond donors (Lipinski definition) is 1. The smallest absolute Gasteiger partial charge is 0.259 e. The molecular weight excluding hydrogens is 228 g/mol. The molecule has 1 aliphatic carbocycles. The summed E-state index contributed by atoms with van der Waals surface area (Å²) >= 11 is 0. The third-order valence-electron chi connectivity index (χ3n) is 4.33. The Hall–Kier alpha value is -1.58. The highest BCUT2D eigenvalue weighted by atomic mass is 16.2. The molecule has 2 heterocycles. The van der Waals surface area contributed by atoms with Crippen molar-refractivity contribution < 1.29 is 4.79 Å². The van der Waals surface area contributed by atoms with E-state index in [2.05, 4.69) is 4.98 Å². The van der Waals surface area contributed by atoms with Crippen molar-refractivity contribution in [3.05, 3.63) is 34.2 Å². The Labute approximate surface area is 106 Å². The van der Waals surface area contributed by atoms with Crippen molar-refractivity contribution in [1.29, 1.82) is 0 Å². The molecule has 4 heteroatoms. The van der Waals surface area contributed by atoms with Gasteiger partial charge in [-0.25, -0.2) is 0 Å². The van der Waals surface area contributed by atoms with Crippen LogP contribution < -0.4 is 5.43 Å². The van der Waals surface area contributed by atoms with E-state index in [1.165, 1.54) is 31.5 Å². The third-order valence-corrected chi connectivity index (χ3v) is 4.33. The Kier molecular flexibility index (Phi) is 2.94. The number of nitrogens with zero attached hydrogens (tertiary/aromatic N) is 1. The predicted octanol–water partition coefficient (Wildman–Crippen LogP) is 1.78. The summed E-state index contributed by atoms with van der Waals surface area (Å²) in [6.45, 7) is 0.808. The van der Waals surface area contributed by atoms with E-state index in [4.69, 9.17) is 0 Å². The first-order valence-corrected chi connectivity index (χ1v) is 6.75. The molecule has 0 spiro atoms. The maximum atomic E-state index is 12.4. The molecule has 0 aromatic carbocycles. The molecule has 1 aromatic rings. The van der Waals surface area contributed by atoms with E-state index in [-0.39, 0.29) is 16.9 Å². The number of carbonyl (C=O) groups is 1. The minimum atomic E-state index is -0.182. The second-order valence-corrected chi connectivity index (χ2v) is 5.32. The molecule has 96 valence electrons. The molecule has 2 atom stereocenters. The van der Waals surface area contributed by atoms with Gasteiger partial charge in [-0.2, -0.15) is 0 Å². The monoisotopic (exact) mass is 246 g/mol. The molecule has 1 amide bonds. The maximum Gasteiger partial charge on any atom is 0.259 e. The van der Waals surface area contributed by atoms with Crippen LogP contribution in [0.15, 0.2) is 23.3 Å². The average molecular weight is 246 g/mol. The number of nitrogens with one attached hydrogen (secondary N) is 1. The zero-order chi connectivity index (χ0) is 12.5. The number of pyridine rings is 1. The number of amides is 1. The van der Waals surface area contributed by atoms with Gasteiger partial charge in [0.15, 0.2) is 5.43 Å². The fourth-order valence-electron chi connectivity index (χ4n) is 3.40. The van der Waals surface area contributed by atoms with Gasteiger partial charge in [-0.3, -0.25) is 9.59 Å². The topological polar surface area (TPSA) is 53.2 Å². The van der Waals surface area contributed by atoms with E-state index in [0.717, 1.165) is 19.4 Å². The molecule has 4 nitrogen and oxygen atoms in total. The van der Waals surface area contributed by atoms with Crippen LogP contribution in [0.4, 0.5) is 0 Å². The van der Waals surface area contributed by atoms with E-state index in [9.17, 15) is 9.59 Å². The summed E-state index contributed by atoms with van der Waals surface area (Å²) in [7, 11) is 0. The van der Waals surface area contributed by atoms with Crippen molar-refractivity contribution >= 4 is 5.91 Å². The first-order chi connectivity index (χ1) is 8.77. The number of hydrogen-bond acceptors (Lipinski definition) is 2. The second kappa shape index (κ2) is 4.59. The lowest BCUT2D eigenvalue weighted by atomic mass is 9.85. The summed E-state index contributed by atoms with van der Waals surface area (Å²) in [5.74, 6) is 0.566. The molecule has 2 aliphatic rings. The van der Waals surface area contributed by atoms with Crippen LogP contribution >= 0.6 is 0 Å². The van der Waals surface area contributed by atoms with Crippen LogP contribution in [0.3, 0.4) is 0 Å². The van der Waals surface area contributed by atoms with Crippen LogP contribution in [-0.2, 0) is 0 Å². The van der Waals surface area contributed by atoms with Crippen molar-refractivity contribution in [2.45, 2.75) is 38.1 Å². The van der Waals surface area contributed by atoms with Crippen LogP contribution in [0.25, 0.3) is 0 Å². The SMILES string of the molecule is O=C(c1c[nH]ccc1=O)N1CCC2CCCCC21. The first-order valence-electron chi connectivity index (χ1n) is 6.75. The highest BCUT2D eigenvalue weighted by molar-refractivity contribution is 5.94. The van der Waals surface area contributed by atoms with E-state index in [0.29, 0.717) is 12.0 Å². The molecule has 18 heavy (non-hydrogen) atoms. The number of carbonyl (C=O) groups excluding carboxylic acids is 1. The minimum absolute atomic E-state index is 0.0914. The average Bonchev–Trinajstić information content (AvgIpc) is 2.82. The molecule has 2 unspecified atom stereocenters. The van der Waals surface area contributed by atoms with E-state index in [1.54, 1.807) is 6.20 Å². The summed E-state index contributed by atoms with van der Waals surface area (Å²) in [5, 5.41) is 0. The number of rotatable bonds is 1. The van der Waals surface area contributed by atoms with Gasteiger partial charge < -0.3 is 9.88 Å². The van der Waals surface area contributed by atoms with Crippen molar-refractivity contribution in [3.8, 4) is 0 Å². The number of aromatic nitrogens is 1. The molecule has 1 aromatic heterocycles. The summed E-state index contributed by atoms with van der Waals surface area (Å²) in [6, 6.07) is 1.78. The summed E-state index contributed by atoms with van der Waals surface area (Å²) in [6.07, 6.45) is 9.01. The Morgan fingerprint density at radius 1 is 1.28 bits per heavy atom. The molecule has 2 fully saturated rings. The van der Waals surface area contributed by atoms with Crippen LogP contribution in [-0.4, -0.2) is 28.4 Å². The highest BCUT2D eigenvalue weighted by Gasteiger charge is 2.38. The molecular formula is C14H18N2O2. The molecule has 0 radical (unpaired) electrons. The van der Waals surface area contributed by atoms with E-state index in [1.807, 2.05) is 4.90 Å². The molecule has 1 N–H and O–H groups in total. The van der Waals surface area contributed by atoms with Crippen molar-refractivity contribution in [3.63, 3.8) is 0 Å². The van der Waals surface area contributed by atoms with Gasteiger partial charge in [0.25, 0.3) is 5.91 Å². The van der Waals surface area contributed by atoms with Gasteiger partial charge in [0, 0.05) is 31.0 Å². The quantitative estimate of drug-likeness (QED) is 0.821. The lowest BCUT2D eigenvalue weighted by Gasteiger charge is -2.31. The van der Waals surface area contributed by atoms with Gasteiger partial charge >= 0.3 is 0 Å². The summed E-state index contributed by atoms with van der Waals surface area (Å²) in [5.41, 5.74) is 0.0988. The Balaban J connectivity index is 1.85. The fraction of sp³-hybridized carbons (Fsp3) is 0.571. The van der Waals surface area contributed by atoms with Crippen LogP contribution in [0.2, 0.25) is 0 Å². The lowest BCUT2D eigenvalue weighted by molar-refractivity contribution is 0.0688. The Morgan fingerprint density at radius 3 is 2.94 bits per heavy atom. The molecule has 1 saturated carbocycles. The standard InChI is InChI=1S/C14H18N2O2/c17-13-5-7-15-9-11(13)14(18)16-8-6-10-3-1-2-4-12(10)16/h5,7,9-10,12H,1-4,6,8H2,(H,15,17). The van der Waals surface area contributed by atoms with Crippen molar-refractivity contribution in [2.24, 2.45) is 5.92 Å². The number of H-pyrrole nitrogens is 1.